The van der Waals surface area contributed by atoms with Crippen LogP contribution >= 0.6 is 27.7 Å². The molecule has 0 radical (unpaired) electrons. The van der Waals surface area contributed by atoms with Gasteiger partial charge in [0.15, 0.2) is 5.17 Å². The fraction of sp³-hybridized carbons (Fsp3) is 0.0435. The summed E-state index contributed by atoms with van der Waals surface area (Å²) in [4.78, 5) is 16.9. The van der Waals surface area contributed by atoms with Crippen molar-refractivity contribution in [2.45, 2.75) is 6.61 Å². The first-order valence-corrected chi connectivity index (χ1v) is 10.7. The lowest BCUT2D eigenvalue weighted by Gasteiger charge is -2.07. The number of hydrogen-bond acceptors (Lipinski definition) is 4. The quantitative estimate of drug-likeness (QED) is 0.449. The number of hydrogen-bond donors (Lipinski definition) is 1. The van der Waals surface area contributed by atoms with Gasteiger partial charge in [-0.25, -0.2) is 9.38 Å². The minimum Gasteiger partial charge on any atom is -0.489 e. The van der Waals surface area contributed by atoms with E-state index in [9.17, 15) is 9.18 Å². The summed E-state index contributed by atoms with van der Waals surface area (Å²) in [6.07, 6.45) is 1.77. The summed E-state index contributed by atoms with van der Waals surface area (Å²) in [6.45, 7) is 0.474. The van der Waals surface area contributed by atoms with Gasteiger partial charge in [-0.1, -0.05) is 52.3 Å². The van der Waals surface area contributed by atoms with E-state index in [1.165, 1.54) is 17.8 Å². The van der Waals surface area contributed by atoms with E-state index >= 15 is 0 Å². The van der Waals surface area contributed by atoms with Gasteiger partial charge in [0, 0.05) is 4.47 Å². The van der Waals surface area contributed by atoms with Crippen molar-refractivity contribution in [2.24, 2.45) is 4.99 Å². The highest BCUT2D eigenvalue weighted by molar-refractivity contribution is 9.10. The highest BCUT2D eigenvalue weighted by Gasteiger charge is 2.24. The molecule has 0 aromatic heterocycles. The SMILES string of the molecule is O=C1NC(=Nc2ccccc2F)S/C1=C\c1ccc(OCc2ccc(Br)cc2)cc1. The third-order valence-electron chi connectivity index (χ3n) is 4.22. The Morgan fingerprint density at radius 2 is 1.77 bits per heavy atom. The van der Waals surface area contributed by atoms with Gasteiger partial charge in [0.05, 0.1) is 4.91 Å². The Labute approximate surface area is 186 Å². The number of amidine groups is 1. The molecule has 1 fully saturated rings. The average Bonchev–Trinajstić information content (AvgIpc) is 3.09. The van der Waals surface area contributed by atoms with Crippen molar-refractivity contribution in [3.63, 3.8) is 0 Å². The lowest BCUT2D eigenvalue weighted by atomic mass is 10.2. The van der Waals surface area contributed by atoms with Crippen molar-refractivity contribution in [2.75, 3.05) is 0 Å². The molecule has 3 aromatic rings. The molecule has 0 saturated carbocycles. The Morgan fingerprint density at radius 1 is 1.03 bits per heavy atom. The molecule has 0 spiro atoms. The van der Waals surface area contributed by atoms with Crippen LogP contribution in [0, 0.1) is 5.82 Å². The summed E-state index contributed by atoms with van der Waals surface area (Å²) >= 11 is 4.59. The lowest BCUT2D eigenvalue weighted by Crippen LogP contribution is -2.19. The molecule has 0 unspecified atom stereocenters. The van der Waals surface area contributed by atoms with Gasteiger partial charge in [0.25, 0.3) is 5.91 Å². The van der Waals surface area contributed by atoms with Crippen LogP contribution in [-0.2, 0) is 11.4 Å². The van der Waals surface area contributed by atoms with Crippen molar-refractivity contribution in [1.82, 2.24) is 5.32 Å². The number of thioether (sulfide) groups is 1. The summed E-state index contributed by atoms with van der Waals surface area (Å²) < 4.78 is 20.6. The predicted molar refractivity (Wildman–Crippen MR) is 122 cm³/mol. The van der Waals surface area contributed by atoms with E-state index in [0.717, 1.165) is 21.3 Å². The van der Waals surface area contributed by atoms with Crippen molar-refractivity contribution in [3.8, 4) is 5.75 Å². The standard InChI is InChI=1S/C23H16BrFN2O2S/c24-17-9-5-16(6-10-17)14-29-18-11-7-15(8-12-18)13-21-22(28)27-23(30-21)26-20-4-2-1-3-19(20)25/h1-13H,14H2,(H,26,27,28)/b21-13-. The maximum Gasteiger partial charge on any atom is 0.264 e. The molecule has 1 aliphatic rings. The number of carbonyl (C=O) groups excluding carboxylic acids is 1. The van der Waals surface area contributed by atoms with E-state index in [0.29, 0.717) is 16.7 Å². The van der Waals surface area contributed by atoms with Crippen LogP contribution in [0.25, 0.3) is 6.08 Å². The number of rotatable bonds is 5. The van der Waals surface area contributed by atoms with Gasteiger partial charge in [-0.2, -0.15) is 0 Å². The first-order valence-electron chi connectivity index (χ1n) is 9.08. The van der Waals surface area contributed by atoms with Crippen molar-refractivity contribution in [3.05, 3.63) is 99.1 Å². The third kappa shape index (κ3) is 5.17. The van der Waals surface area contributed by atoms with Crippen LogP contribution in [0.15, 0.2) is 87.2 Å². The lowest BCUT2D eigenvalue weighted by molar-refractivity contribution is -0.115. The molecule has 150 valence electrons. The topological polar surface area (TPSA) is 50.7 Å². The molecular weight excluding hydrogens is 467 g/mol. The smallest absolute Gasteiger partial charge is 0.264 e. The maximum atomic E-state index is 13.8. The Kier molecular flexibility index (Phi) is 6.30. The number of ether oxygens (including phenoxy) is 1. The largest absolute Gasteiger partial charge is 0.489 e. The zero-order chi connectivity index (χ0) is 20.9. The molecule has 0 bridgehead atoms. The normalized spacial score (nSPS) is 16.1. The first-order chi connectivity index (χ1) is 14.6. The number of amides is 1. The summed E-state index contributed by atoms with van der Waals surface area (Å²) in [5.41, 5.74) is 2.12. The maximum absolute atomic E-state index is 13.8. The zero-order valence-corrected chi connectivity index (χ0v) is 18.0. The molecule has 7 heteroatoms. The number of nitrogens with zero attached hydrogens (tertiary/aromatic N) is 1. The second-order valence-electron chi connectivity index (χ2n) is 6.42. The van der Waals surface area contributed by atoms with E-state index in [1.54, 1.807) is 24.3 Å². The van der Waals surface area contributed by atoms with Gasteiger partial charge < -0.3 is 10.1 Å². The van der Waals surface area contributed by atoms with E-state index in [2.05, 4.69) is 26.2 Å². The number of para-hydroxylation sites is 1. The molecular formula is C23H16BrFN2O2S. The van der Waals surface area contributed by atoms with Gasteiger partial charge in [-0.05, 0) is 65.4 Å². The molecule has 1 heterocycles. The van der Waals surface area contributed by atoms with Crippen molar-refractivity contribution < 1.29 is 13.9 Å². The molecule has 1 saturated heterocycles. The number of nitrogens with one attached hydrogen (secondary N) is 1. The molecule has 1 aliphatic heterocycles. The summed E-state index contributed by atoms with van der Waals surface area (Å²) in [5, 5.41) is 3.02. The van der Waals surface area contributed by atoms with Crippen LogP contribution in [0.3, 0.4) is 0 Å². The molecule has 30 heavy (non-hydrogen) atoms. The van der Waals surface area contributed by atoms with Gasteiger partial charge in [-0.3, -0.25) is 4.79 Å². The Bertz CT molecular complexity index is 1130. The average molecular weight is 483 g/mol. The molecule has 0 atom stereocenters. The number of carbonyl (C=O) groups is 1. The van der Waals surface area contributed by atoms with E-state index in [4.69, 9.17) is 4.74 Å². The Balaban J connectivity index is 1.41. The minimum absolute atomic E-state index is 0.189. The van der Waals surface area contributed by atoms with Crippen molar-refractivity contribution >= 4 is 50.5 Å². The molecule has 1 amide bonds. The monoisotopic (exact) mass is 482 g/mol. The molecule has 3 aromatic carbocycles. The molecule has 4 nitrogen and oxygen atoms in total. The van der Waals surface area contributed by atoms with Crippen LogP contribution in [-0.4, -0.2) is 11.1 Å². The minimum atomic E-state index is -0.434. The van der Waals surface area contributed by atoms with E-state index in [-0.39, 0.29) is 11.6 Å². The summed E-state index contributed by atoms with van der Waals surface area (Å²) in [7, 11) is 0. The summed E-state index contributed by atoms with van der Waals surface area (Å²) in [5.74, 6) is 0.0482. The van der Waals surface area contributed by atoms with Crippen LogP contribution in [0.1, 0.15) is 11.1 Å². The van der Waals surface area contributed by atoms with Gasteiger partial charge in [0.1, 0.15) is 23.9 Å². The summed E-state index contributed by atoms with van der Waals surface area (Å²) in [6, 6.07) is 21.6. The highest BCUT2D eigenvalue weighted by Crippen LogP contribution is 2.29. The molecule has 1 N–H and O–H groups in total. The predicted octanol–water partition coefficient (Wildman–Crippen LogP) is 6.06. The van der Waals surface area contributed by atoms with Crippen LogP contribution in [0.4, 0.5) is 10.1 Å². The second kappa shape index (κ2) is 9.28. The second-order valence-corrected chi connectivity index (χ2v) is 8.36. The van der Waals surface area contributed by atoms with Crippen molar-refractivity contribution in [1.29, 1.82) is 0 Å². The number of benzene rings is 3. The Morgan fingerprint density at radius 3 is 2.50 bits per heavy atom. The van der Waals surface area contributed by atoms with E-state index in [1.807, 2.05) is 48.5 Å². The molecule has 4 rings (SSSR count). The van der Waals surface area contributed by atoms with Gasteiger partial charge >= 0.3 is 0 Å². The fourth-order valence-corrected chi connectivity index (χ4v) is 3.79. The fourth-order valence-electron chi connectivity index (χ4n) is 2.69. The van der Waals surface area contributed by atoms with Crippen LogP contribution in [0.5, 0.6) is 5.75 Å². The van der Waals surface area contributed by atoms with Crippen LogP contribution < -0.4 is 10.1 Å². The zero-order valence-electron chi connectivity index (χ0n) is 15.6. The van der Waals surface area contributed by atoms with Crippen LogP contribution in [0.2, 0.25) is 0 Å². The number of halogens is 2. The van der Waals surface area contributed by atoms with Gasteiger partial charge in [-0.15, -0.1) is 0 Å². The number of aliphatic imine (C=N–C) groups is 1. The highest BCUT2D eigenvalue weighted by atomic mass is 79.9. The van der Waals surface area contributed by atoms with Gasteiger partial charge in [0.2, 0.25) is 0 Å². The van der Waals surface area contributed by atoms with E-state index < -0.39 is 5.82 Å². The third-order valence-corrected chi connectivity index (χ3v) is 5.66. The first kappa shape index (κ1) is 20.4. The Hall–Kier alpha value is -2.90. The molecule has 0 aliphatic carbocycles.